The molecule has 10 nitrogen and oxygen atoms in total. The summed E-state index contributed by atoms with van der Waals surface area (Å²) in [5.41, 5.74) is 1.24. The highest BCUT2D eigenvalue weighted by Crippen LogP contribution is 2.18. The van der Waals surface area contributed by atoms with Gasteiger partial charge < -0.3 is 10.6 Å². The summed E-state index contributed by atoms with van der Waals surface area (Å²) in [6.07, 6.45) is 2.81. The van der Waals surface area contributed by atoms with Gasteiger partial charge in [0.25, 0.3) is 5.91 Å². The number of carbonyl (C=O) groups is 2. The first kappa shape index (κ1) is 23.1. The molecule has 3 aromatic rings. The van der Waals surface area contributed by atoms with E-state index in [9.17, 15) is 18.0 Å². The van der Waals surface area contributed by atoms with Crippen molar-refractivity contribution in [1.82, 2.24) is 19.5 Å². The van der Waals surface area contributed by atoms with Crippen LogP contribution in [0.3, 0.4) is 0 Å². The molecular weight excluding hydrogens is 432 g/mol. The minimum Gasteiger partial charge on any atom is -0.324 e. The number of hydrogen-bond acceptors (Lipinski definition) is 6. The monoisotopic (exact) mass is 456 g/mol. The highest BCUT2D eigenvalue weighted by Gasteiger charge is 2.18. The lowest BCUT2D eigenvalue weighted by atomic mass is 10.2. The Morgan fingerprint density at radius 3 is 2.22 bits per heavy atom. The van der Waals surface area contributed by atoms with Crippen LogP contribution in [0, 0.1) is 0 Å². The number of nitrogens with zero attached hydrogens (tertiary/aromatic N) is 3. The molecule has 11 heteroatoms. The fourth-order valence-corrected chi connectivity index (χ4v) is 4.10. The van der Waals surface area contributed by atoms with Gasteiger partial charge >= 0.3 is 0 Å². The van der Waals surface area contributed by atoms with Crippen molar-refractivity contribution in [2.45, 2.75) is 37.8 Å². The minimum atomic E-state index is -3.71. The summed E-state index contributed by atoms with van der Waals surface area (Å²) < 4.78 is 28.6. The van der Waals surface area contributed by atoms with Crippen LogP contribution in [0.15, 0.2) is 66.1 Å². The molecule has 1 atom stereocenters. The molecule has 0 aliphatic rings. The van der Waals surface area contributed by atoms with Gasteiger partial charge in [-0.3, -0.25) is 9.59 Å². The minimum absolute atomic E-state index is 0.0124. The third-order valence-electron chi connectivity index (χ3n) is 4.42. The molecule has 1 heterocycles. The van der Waals surface area contributed by atoms with E-state index in [-0.39, 0.29) is 22.4 Å². The smallest absolute Gasteiger partial charge is 0.255 e. The van der Waals surface area contributed by atoms with Crippen LogP contribution in [0.4, 0.5) is 11.4 Å². The zero-order valence-electron chi connectivity index (χ0n) is 17.8. The summed E-state index contributed by atoms with van der Waals surface area (Å²) in [6, 6.07) is 11.6. The molecule has 0 saturated carbocycles. The molecule has 1 unspecified atom stereocenters. The Morgan fingerprint density at radius 1 is 0.969 bits per heavy atom. The SMILES string of the molecule is CC(C)NS(=O)(=O)c1cccc(C(=O)Nc2ccc(NC(=O)C(C)n3cncn3)cc2)c1. The Morgan fingerprint density at radius 2 is 1.62 bits per heavy atom. The Bertz CT molecular complexity index is 1190. The Kier molecular flexibility index (Phi) is 7.01. The van der Waals surface area contributed by atoms with Crippen molar-refractivity contribution < 1.29 is 18.0 Å². The van der Waals surface area contributed by atoms with Gasteiger partial charge in [0.05, 0.1) is 4.90 Å². The van der Waals surface area contributed by atoms with Crippen LogP contribution >= 0.6 is 0 Å². The van der Waals surface area contributed by atoms with Crippen molar-refractivity contribution in [1.29, 1.82) is 0 Å². The molecule has 0 aliphatic heterocycles. The van der Waals surface area contributed by atoms with Gasteiger partial charge in [0, 0.05) is 23.0 Å². The molecule has 32 heavy (non-hydrogen) atoms. The number of hydrogen-bond donors (Lipinski definition) is 3. The molecule has 0 aliphatic carbocycles. The van der Waals surface area contributed by atoms with Gasteiger partial charge in [0.2, 0.25) is 15.9 Å². The number of aromatic nitrogens is 3. The molecule has 2 amide bonds. The van der Waals surface area contributed by atoms with Crippen LogP contribution < -0.4 is 15.4 Å². The molecule has 168 valence electrons. The van der Waals surface area contributed by atoms with Gasteiger partial charge in [0.1, 0.15) is 18.7 Å². The number of anilines is 2. The number of amides is 2. The molecule has 1 aromatic heterocycles. The van der Waals surface area contributed by atoms with Crippen molar-refractivity contribution >= 4 is 33.2 Å². The third-order valence-corrected chi connectivity index (χ3v) is 6.08. The van der Waals surface area contributed by atoms with E-state index in [0.29, 0.717) is 11.4 Å². The first-order valence-electron chi connectivity index (χ1n) is 9.84. The van der Waals surface area contributed by atoms with Crippen molar-refractivity contribution in [3.05, 3.63) is 66.7 Å². The van der Waals surface area contributed by atoms with E-state index in [2.05, 4.69) is 25.4 Å². The van der Waals surface area contributed by atoms with Crippen LogP contribution in [0.25, 0.3) is 0 Å². The topological polar surface area (TPSA) is 135 Å². The van der Waals surface area contributed by atoms with Crippen LogP contribution in [-0.4, -0.2) is 41.0 Å². The predicted octanol–water partition coefficient (Wildman–Crippen LogP) is 2.42. The lowest BCUT2D eigenvalue weighted by Gasteiger charge is -2.13. The predicted molar refractivity (Wildman–Crippen MR) is 120 cm³/mol. The largest absolute Gasteiger partial charge is 0.324 e. The Balaban J connectivity index is 1.65. The molecule has 3 rings (SSSR count). The number of sulfonamides is 1. The molecule has 2 aromatic carbocycles. The first-order valence-corrected chi connectivity index (χ1v) is 11.3. The van der Waals surface area contributed by atoms with E-state index in [1.165, 1.54) is 41.6 Å². The third kappa shape index (κ3) is 5.77. The number of benzene rings is 2. The molecule has 0 fully saturated rings. The fourth-order valence-electron chi connectivity index (χ4n) is 2.81. The summed E-state index contributed by atoms with van der Waals surface area (Å²) >= 11 is 0. The van der Waals surface area contributed by atoms with E-state index in [4.69, 9.17) is 0 Å². The normalized spacial score (nSPS) is 12.4. The molecular formula is C21H24N6O4S. The average molecular weight is 457 g/mol. The quantitative estimate of drug-likeness (QED) is 0.476. The van der Waals surface area contributed by atoms with Crippen molar-refractivity contribution in [3.63, 3.8) is 0 Å². The van der Waals surface area contributed by atoms with E-state index < -0.39 is 22.0 Å². The van der Waals surface area contributed by atoms with Gasteiger partial charge in [-0.05, 0) is 63.2 Å². The van der Waals surface area contributed by atoms with E-state index in [1.54, 1.807) is 45.0 Å². The van der Waals surface area contributed by atoms with Crippen LogP contribution in [-0.2, 0) is 14.8 Å². The van der Waals surface area contributed by atoms with E-state index >= 15 is 0 Å². The number of nitrogens with one attached hydrogen (secondary N) is 3. The summed E-state index contributed by atoms with van der Waals surface area (Å²) in [4.78, 5) is 28.7. The van der Waals surface area contributed by atoms with E-state index in [0.717, 1.165) is 0 Å². The fraction of sp³-hybridized carbons (Fsp3) is 0.238. The summed E-state index contributed by atoms with van der Waals surface area (Å²) in [6.45, 7) is 5.13. The van der Waals surface area contributed by atoms with Crippen molar-refractivity contribution in [3.8, 4) is 0 Å². The number of rotatable bonds is 8. The van der Waals surface area contributed by atoms with Gasteiger partial charge in [-0.2, -0.15) is 5.10 Å². The summed E-state index contributed by atoms with van der Waals surface area (Å²) in [5, 5.41) is 9.43. The molecule has 0 spiro atoms. The van der Waals surface area contributed by atoms with Crippen LogP contribution in [0.2, 0.25) is 0 Å². The maximum atomic E-state index is 12.6. The lowest BCUT2D eigenvalue weighted by Crippen LogP contribution is -2.30. The van der Waals surface area contributed by atoms with Crippen molar-refractivity contribution in [2.24, 2.45) is 0 Å². The second kappa shape index (κ2) is 9.71. The van der Waals surface area contributed by atoms with Crippen LogP contribution in [0.5, 0.6) is 0 Å². The molecule has 0 radical (unpaired) electrons. The summed E-state index contributed by atoms with van der Waals surface area (Å²) in [5.74, 6) is -0.719. The van der Waals surface area contributed by atoms with Gasteiger partial charge in [-0.25, -0.2) is 22.8 Å². The number of carbonyl (C=O) groups excluding carboxylic acids is 2. The molecule has 0 bridgehead atoms. The maximum absolute atomic E-state index is 12.6. The highest BCUT2D eigenvalue weighted by molar-refractivity contribution is 7.89. The van der Waals surface area contributed by atoms with Gasteiger partial charge in [-0.15, -0.1) is 0 Å². The zero-order chi connectivity index (χ0) is 23.3. The van der Waals surface area contributed by atoms with Crippen molar-refractivity contribution in [2.75, 3.05) is 10.6 Å². The standard InChI is InChI=1S/C21H24N6O4S/c1-14(2)26-32(30,31)19-6-4-5-16(11-19)21(29)25-18-9-7-17(8-10-18)24-20(28)15(3)27-13-22-12-23-27/h4-15,26H,1-3H3,(H,24,28)(H,25,29). The molecule has 3 N–H and O–H groups in total. The van der Waals surface area contributed by atoms with Gasteiger partial charge in [0.15, 0.2) is 0 Å². The Labute approximate surface area is 186 Å². The Hall–Kier alpha value is -3.57. The summed E-state index contributed by atoms with van der Waals surface area (Å²) in [7, 11) is -3.71. The van der Waals surface area contributed by atoms with Crippen LogP contribution in [0.1, 0.15) is 37.2 Å². The first-order chi connectivity index (χ1) is 15.2. The zero-order valence-corrected chi connectivity index (χ0v) is 18.6. The van der Waals surface area contributed by atoms with Gasteiger partial charge in [-0.1, -0.05) is 6.07 Å². The average Bonchev–Trinajstić information content (AvgIpc) is 3.28. The highest BCUT2D eigenvalue weighted by atomic mass is 32.2. The second-order valence-corrected chi connectivity index (χ2v) is 9.09. The lowest BCUT2D eigenvalue weighted by molar-refractivity contribution is -0.119. The molecule has 0 saturated heterocycles. The van der Waals surface area contributed by atoms with E-state index in [1.807, 2.05) is 0 Å². The maximum Gasteiger partial charge on any atom is 0.255 e. The second-order valence-electron chi connectivity index (χ2n) is 7.38.